The molecule has 0 amide bonds. The molecule has 344 valence electrons. The first-order valence-corrected chi connectivity index (χ1v) is 25.9. The molecule has 0 aromatic carbocycles. The van der Waals surface area contributed by atoms with Crippen molar-refractivity contribution in [2.24, 2.45) is 5.92 Å². The van der Waals surface area contributed by atoms with Gasteiger partial charge < -0.3 is 14.2 Å². The smallest absolute Gasteiger partial charge is 0.306 e. The number of unbranched alkanes of at least 4 members (excludes halogenated alkanes) is 34. The van der Waals surface area contributed by atoms with Gasteiger partial charge in [-0.1, -0.05) is 252 Å². The van der Waals surface area contributed by atoms with E-state index in [9.17, 15) is 14.4 Å². The van der Waals surface area contributed by atoms with Crippen LogP contribution in [0, 0.1) is 5.92 Å². The van der Waals surface area contributed by atoms with Crippen molar-refractivity contribution in [3.05, 3.63) is 0 Å². The van der Waals surface area contributed by atoms with Crippen LogP contribution in [-0.4, -0.2) is 37.2 Å². The van der Waals surface area contributed by atoms with Crippen LogP contribution < -0.4 is 0 Å². The van der Waals surface area contributed by atoms with Gasteiger partial charge in [0, 0.05) is 19.3 Å². The summed E-state index contributed by atoms with van der Waals surface area (Å²) in [5.74, 6) is -0.0655. The van der Waals surface area contributed by atoms with E-state index in [2.05, 4.69) is 27.7 Å². The van der Waals surface area contributed by atoms with E-state index in [1.807, 2.05) is 0 Å². The maximum atomic E-state index is 12.8. The molecule has 0 saturated carbocycles. The Labute approximate surface area is 361 Å². The Morgan fingerprint density at radius 3 is 0.845 bits per heavy atom. The quantitative estimate of drug-likeness (QED) is 0.0346. The Bertz CT molecular complexity index is 872. The predicted octanol–water partition coefficient (Wildman–Crippen LogP) is 16.7. The van der Waals surface area contributed by atoms with Gasteiger partial charge in [0.25, 0.3) is 0 Å². The van der Waals surface area contributed by atoms with Gasteiger partial charge in [-0.25, -0.2) is 0 Å². The van der Waals surface area contributed by atoms with Gasteiger partial charge in [-0.05, 0) is 25.2 Å². The Morgan fingerprint density at radius 2 is 0.569 bits per heavy atom. The molecule has 6 nitrogen and oxygen atoms in total. The van der Waals surface area contributed by atoms with Crippen LogP contribution >= 0.6 is 0 Å². The molecule has 0 aliphatic heterocycles. The van der Waals surface area contributed by atoms with Crippen LogP contribution in [0.2, 0.25) is 0 Å². The van der Waals surface area contributed by atoms with Gasteiger partial charge in [0.05, 0.1) is 0 Å². The van der Waals surface area contributed by atoms with Gasteiger partial charge in [0.15, 0.2) is 6.10 Å². The Hall–Kier alpha value is -1.59. The van der Waals surface area contributed by atoms with Gasteiger partial charge in [0.1, 0.15) is 13.2 Å². The third-order valence-electron chi connectivity index (χ3n) is 11.8. The first-order chi connectivity index (χ1) is 28.4. The van der Waals surface area contributed by atoms with Crippen LogP contribution in [0.1, 0.15) is 291 Å². The lowest BCUT2D eigenvalue weighted by atomic mass is 10.0. The SMILES string of the molecule is CCCCCCCCCCCCCCCCCCC(=O)OC[C@H](COC(=O)CCCCCCCCCC(C)C)OC(=O)CCCCCCCCCCCCCCCC. The molecule has 0 fully saturated rings. The summed E-state index contributed by atoms with van der Waals surface area (Å²) in [4.78, 5) is 37.9. The van der Waals surface area contributed by atoms with E-state index < -0.39 is 6.10 Å². The van der Waals surface area contributed by atoms with Gasteiger partial charge in [-0.15, -0.1) is 0 Å². The van der Waals surface area contributed by atoms with Crippen LogP contribution in [0.25, 0.3) is 0 Å². The fourth-order valence-electron chi connectivity index (χ4n) is 7.86. The third kappa shape index (κ3) is 45.5. The fraction of sp³-hybridized carbons (Fsp3) is 0.942. The summed E-state index contributed by atoms with van der Waals surface area (Å²) in [6.45, 7) is 8.98. The first-order valence-electron chi connectivity index (χ1n) is 25.9. The number of hydrogen-bond donors (Lipinski definition) is 0. The highest BCUT2D eigenvalue weighted by atomic mass is 16.6. The van der Waals surface area contributed by atoms with Gasteiger partial charge >= 0.3 is 17.9 Å². The normalized spacial score (nSPS) is 11.9. The van der Waals surface area contributed by atoms with Crippen LogP contribution in [0.4, 0.5) is 0 Å². The topological polar surface area (TPSA) is 78.9 Å². The van der Waals surface area contributed by atoms with Crippen molar-refractivity contribution in [3.63, 3.8) is 0 Å². The van der Waals surface area contributed by atoms with E-state index in [1.165, 1.54) is 186 Å². The molecule has 0 spiro atoms. The Morgan fingerprint density at radius 1 is 0.328 bits per heavy atom. The van der Waals surface area contributed by atoms with E-state index in [-0.39, 0.29) is 31.1 Å². The summed E-state index contributed by atoms with van der Waals surface area (Å²) in [6.07, 6.45) is 48.1. The maximum absolute atomic E-state index is 12.8. The van der Waals surface area contributed by atoms with E-state index in [0.717, 1.165) is 63.7 Å². The van der Waals surface area contributed by atoms with E-state index in [0.29, 0.717) is 19.3 Å². The van der Waals surface area contributed by atoms with Crippen molar-refractivity contribution >= 4 is 17.9 Å². The molecule has 0 aromatic rings. The zero-order valence-corrected chi connectivity index (χ0v) is 39.5. The fourth-order valence-corrected chi connectivity index (χ4v) is 7.86. The van der Waals surface area contributed by atoms with Crippen molar-refractivity contribution in [3.8, 4) is 0 Å². The molecule has 0 rings (SSSR count). The summed E-state index contributed by atoms with van der Waals surface area (Å²) in [7, 11) is 0. The standard InChI is InChI=1S/C52H100O6/c1-5-7-9-11-13-15-17-19-21-22-24-25-27-31-35-39-43-50(53)56-46-49(47-57-51(54)44-40-36-33-29-30-34-38-42-48(3)4)58-52(55)45-41-37-32-28-26-23-20-18-16-14-12-10-8-6-2/h48-49H,5-47H2,1-4H3/t49-/m1/s1. The lowest BCUT2D eigenvalue weighted by molar-refractivity contribution is -0.167. The van der Waals surface area contributed by atoms with Crippen LogP contribution in [0.3, 0.4) is 0 Å². The number of esters is 3. The first kappa shape index (κ1) is 56.4. The highest BCUT2D eigenvalue weighted by Crippen LogP contribution is 2.17. The van der Waals surface area contributed by atoms with Crippen molar-refractivity contribution in [1.82, 2.24) is 0 Å². The van der Waals surface area contributed by atoms with Crippen molar-refractivity contribution in [1.29, 1.82) is 0 Å². The molecule has 0 bridgehead atoms. The summed E-state index contributed by atoms with van der Waals surface area (Å²) < 4.78 is 16.8. The maximum Gasteiger partial charge on any atom is 0.306 e. The molecule has 1 atom stereocenters. The van der Waals surface area contributed by atoms with Gasteiger partial charge in [-0.2, -0.15) is 0 Å². The molecule has 0 aliphatic carbocycles. The third-order valence-corrected chi connectivity index (χ3v) is 11.8. The number of ether oxygens (including phenoxy) is 3. The lowest BCUT2D eigenvalue weighted by Crippen LogP contribution is -2.30. The van der Waals surface area contributed by atoms with E-state index >= 15 is 0 Å². The van der Waals surface area contributed by atoms with Crippen molar-refractivity contribution in [2.45, 2.75) is 297 Å². The highest BCUT2D eigenvalue weighted by molar-refractivity contribution is 5.71. The van der Waals surface area contributed by atoms with E-state index in [1.54, 1.807) is 0 Å². The van der Waals surface area contributed by atoms with Crippen LogP contribution in [-0.2, 0) is 28.6 Å². The zero-order valence-electron chi connectivity index (χ0n) is 39.5. The second-order valence-corrected chi connectivity index (χ2v) is 18.3. The Balaban J connectivity index is 4.28. The minimum Gasteiger partial charge on any atom is -0.462 e. The minimum atomic E-state index is -0.760. The van der Waals surface area contributed by atoms with Crippen molar-refractivity contribution < 1.29 is 28.6 Å². The monoisotopic (exact) mass is 821 g/mol. The number of hydrogen-bond acceptors (Lipinski definition) is 6. The number of carbonyl (C=O) groups excluding carboxylic acids is 3. The molecule has 0 radical (unpaired) electrons. The summed E-state index contributed by atoms with van der Waals surface area (Å²) in [5, 5.41) is 0. The summed E-state index contributed by atoms with van der Waals surface area (Å²) in [5.41, 5.74) is 0. The summed E-state index contributed by atoms with van der Waals surface area (Å²) >= 11 is 0. The molecule has 0 heterocycles. The minimum absolute atomic E-state index is 0.0632. The predicted molar refractivity (Wildman–Crippen MR) is 247 cm³/mol. The zero-order chi connectivity index (χ0) is 42.4. The van der Waals surface area contributed by atoms with Crippen LogP contribution in [0.15, 0.2) is 0 Å². The molecular formula is C52H100O6. The Kier molecular flexibility index (Phi) is 45.2. The molecule has 6 heteroatoms. The average molecular weight is 821 g/mol. The highest BCUT2D eigenvalue weighted by Gasteiger charge is 2.19. The van der Waals surface area contributed by atoms with Crippen molar-refractivity contribution in [2.75, 3.05) is 13.2 Å². The van der Waals surface area contributed by atoms with E-state index in [4.69, 9.17) is 14.2 Å². The molecular weight excluding hydrogens is 721 g/mol. The molecule has 0 N–H and O–H groups in total. The molecule has 0 aromatic heterocycles. The van der Waals surface area contributed by atoms with Gasteiger partial charge in [-0.3, -0.25) is 14.4 Å². The van der Waals surface area contributed by atoms with Crippen LogP contribution in [0.5, 0.6) is 0 Å². The summed E-state index contributed by atoms with van der Waals surface area (Å²) in [6, 6.07) is 0. The second-order valence-electron chi connectivity index (χ2n) is 18.3. The lowest BCUT2D eigenvalue weighted by Gasteiger charge is -2.18. The number of rotatable bonds is 47. The second kappa shape index (κ2) is 46.5. The molecule has 0 unspecified atom stereocenters. The van der Waals surface area contributed by atoms with Gasteiger partial charge in [0.2, 0.25) is 0 Å². The largest absolute Gasteiger partial charge is 0.462 e. The molecule has 0 saturated heterocycles. The molecule has 0 aliphatic rings. The average Bonchev–Trinajstić information content (AvgIpc) is 3.21. The molecule has 58 heavy (non-hydrogen) atoms. The number of carbonyl (C=O) groups is 3.